The van der Waals surface area contributed by atoms with Crippen LogP contribution in [0, 0.1) is 13.8 Å². The molecule has 4 aromatic carbocycles. The first-order chi connectivity index (χ1) is 23.7. The molecule has 0 unspecified atom stereocenters. The maximum absolute atomic E-state index is 11.0. The summed E-state index contributed by atoms with van der Waals surface area (Å²) in [5.74, 6) is 1.41. The second kappa shape index (κ2) is 15.6. The Bertz CT molecular complexity index is 1750. The molecular weight excluding hydrogens is 641 g/mol. The lowest BCUT2D eigenvalue weighted by molar-refractivity contribution is 0.434. The Morgan fingerprint density at radius 2 is 0.596 bits per heavy atom. The fourth-order valence-corrected chi connectivity index (χ4v) is 6.87. The van der Waals surface area contributed by atoms with Crippen LogP contribution in [0.2, 0.25) is 0 Å². The molecule has 284 valence electrons. The zero-order valence-corrected chi connectivity index (χ0v) is 35.2. The lowest BCUT2D eigenvalue weighted by Gasteiger charge is -2.25. The Balaban J connectivity index is 0.000000281. The van der Waals surface area contributed by atoms with Crippen LogP contribution in [0.3, 0.4) is 0 Å². The molecule has 0 aliphatic rings. The van der Waals surface area contributed by atoms with Gasteiger partial charge in [-0.05, 0) is 104 Å². The predicted molar refractivity (Wildman–Crippen MR) is 221 cm³/mol. The maximum Gasteiger partial charge on any atom is 0.122 e. The fourth-order valence-electron chi connectivity index (χ4n) is 6.87. The Morgan fingerprint density at radius 3 is 0.827 bits per heavy atom. The van der Waals surface area contributed by atoms with Gasteiger partial charge in [0.1, 0.15) is 23.0 Å². The van der Waals surface area contributed by atoms with Crippen molar-refractivity contribution in [2.75, 3.05) is 0 Å². The maximum atomic E-state index is 11.0. The molecule has 0 amide bonds. The highest BCUT2D eigenvalue weighted by molar-refractivity contribution is 5.55. The van der Waals surface area contributed by atoms with Crippen molar-refractivity contribution >= 4 is 0 Å². The minimum Gasteiger partial charge on any atom is -0.507 e. The van der Waals surface area contributed by atoms with Crippen LogP contribution < -0.4 is 0 Å². The van der Waals surface area contributed by atoms with Gasteiger partial charge in [0.2, 0.25) is 0 Å². The predicted octanol–water partition coefficient (Wildman–Crippen LogP) is 12.3. The first-order valence-corrected chi connectivity index (χ1v) is 19.0. The SMILES string of the molecule is CCc1cc(Cc2cc(CC)cc(C(C)(C)C)c2O)c(O)c(C(C)(C)C)c1.Cc1cc(Cc2cc(C)cc(C(C)(C)C)c2O)c(O)c(C(C)(C)C)c1. The van der Waals surface area contributed by atoms with Crippen molar-refractivity contribution in [3.8, 4) is 23.0 Å². The quantitative estimate of drug-likeness (QED) is 0.161. The van der Waals surface area contributed by atoms with E-state index in [1.807, 2.05) is 12.1 Å². The fraction of sp³-hybridized carbons (Fsp3) is 0.500. The molecule has 0 radical (unpaired) electrons. The summed E-state index contributed by atoms with van der Waals surface area (Å²) in [6.07, 6.45) is 2.90. The van der Waals surface area contributed by atoms with Crippen molar-refractivity contribution in [1.82, 2.24) is 0 Å². The van der Waals surface area contributed by atoms with Crippen LogP contribution in [0.15, 0.2) is 48.5 Å². The highest BCUT2D eigenvalue weighted by atomic mass is 16.3. The van der Waals surface area contributed by atoms with Gasteiger partial charge in [-0.25, -0.2) is 0 Å². The van der Waals surface area contributed by atoms with Crippen LogP contribution in [-0.4, -0.2) is 20.4 Å². The van der Waals surface area contributed by atoms with Gasteiger partial charge in [0.15, 0.2) is 0 Å². The van der Waals surface area contributed by atoms with E-state index < -0.39 is 0 Å². The van der Waals surface area contributed by atoms with Gasteiger partial charge >= 0.3 is 0 Å². The molecular formula is C48H68O4. The van der Waals surface area contributed by atoms with Gasteiger partial charge in [-0.1, -0.05) is 157 Å². The van der Waals surface area contributed by atoms with E-state index >= 15 is 0 Å². The molecule has 0 fully saturated rings. The van der Waals surface area contributed by atoms with Crippen LogP contribution in [0.4, 0.5) is 0 Å². The Hall–Kier alpha value is -3.92. The topological polar surface area (TPSA) is 80.9 Å². The van der Waals surface area contributed by atoms with Gasteiger partial charge in [0.25, 0.3) is 0 Å². The smallest absolute Gasteiger partial charge is 0.122 e. The highest BCUT2D eigenvalue weighted by Gasteiger charge is 2.26. The summed E-state index contributed by atoms with van der Waals surface area (Å²) in [7, 11) is 0. The number of aromatic hydroxyl groups is 4. The molecule has 4 heteroatoms. The number of aryl methyl sites for hydroxylation is 4. The first-order valence-electron chi connectivity index (χ1n) is 19.0. The van der Waals surface area contributed by atoms with Gasteiger partial charge in [0, 0.05) is 12.8 Å². The number of hydrogen-bond donors (Lipinski definition) is 4. The molecule has 4 N–H and O–H groups in total. The molecule has 0 bridgehead atoms. The van der Waals surface area contributed by atoms with Crippen molar-refractivity contribution < 1.29 is 20.4 Å². The third-order valence-electron chi connectivity index (χ3n) is 9.97. The Morgan fingerprint density at radius 1 is 0.365 bits per heavy atom. The first kappa shape index (κ1) is 42.5. The summed E-state index contributed by atoms with van der Waals surface area (Å²) in [5, 5.41) is 43.6. The third kappa shape index (κ3) is 10.1. The normalized spacial score (nSPS) is 12.5. The summed E-state index contributed by atoms with van der Waals surface area (Å²) >= 11 is 0. The van der Waals surface area contributed by atoms with Gasteiger partial charge in [0.05, 0.1) is 0 Å². The van der Waals surface area contributed by atoms with Crippen molar-refractivity contribution in [2.45, 2.75) is 158 Å². The van der Waals surface area contributed by atoms with E-state index in [4.69, 9.17) is 0 Å². The van der Waals surface area contributed by atoms with E-state index in [2.05, 4.69) is 147 Å². The molecule has 0 heterocycles. The molecule has 4 nitrogen and oxygen atoms in total. The summed E-state index contributed by atoms with van der Waals surface area (Å²) in [6.45, 7) is 33.7. The van der Waals surface area contributed by atoms with Gasteiger partial charge < -0.3 is 20.4 Å². The minimum atomic E-state index is -0.131. The molecule has 0 aromatic heterocycles. The van der Waals surface area contributed by atoms with E-state index in [0.717, 1.165) is 68.5 Å². The average molecular weight is 709 g/mol. The van der Waals surface area contributed by atoms with Crippen LogP contribution in [0.25, 0.3) is 0 Å². The van der Waals surface area contributed by atoms with Crippen LogP contribution in [0.1, 0.15) is 164 Å². The lowest BCUT2D eigenvalue weighted by Crippen LogP contribution is -2.14. The van der Waals surface area contributed by atoms with Crippen molar-refractivity contribution in [2.24, 2.45) is 0 Å². The molecule has 0 saturated heterocycles. The standard InChI is InChI=1S/C25H36O2.C23H32O2/c1-9-16-11-18(22(26)20(13-16)24(3,4)5)15-19-12-17(10-2)14-21(23(19)27)25(6,7)8;1-14-9-16(20(24)18(11-14)22(3,4)5)13-17-10-15(2)12-19(21(17)25)23(6,7)8/h11-14,26-27H,9-10,15H2,1-8H3;9-12,24-25H,13H2,1-8H3. The number of benzene rings is 4. The second-order valence-electron chi connectivity index (χ2n) is 19.0. The summed E-state index contributed by atoms with van der Waals surface area (Å²) in [4.78, 5) is 0. The summed E-state index contributed by atoms with van der Waals surface area (Å²) in [5.41, 5.74) is 11.5. The van der Waals surface area contributed by atoms with E-state index in [9.17, 15) is 20.4 Å². The minimum absolute atomic E-state index is 0.129. The molecule has 0 saturated carbocycles. The molecule has 0 atom stereocenters. The zero-order valence-electron chi connectivity index (χ0n) is 35.2. The van der Waals surface area contributed by atoms with Gasteiger partial charge in [-0.2, -0.15) is 0 Å². The molecule has 4 rings (SSSR count). The van der Waals surface area contributed by atoms with E-state index in [0.29, 0.717) is 35.8 Å². The van der Waals surface area contributed by atoms with Gasteiger partial charge in [-0.15, -0.1) is 0 Å². The van der Waals surface area contributed by atoms with Crippen LogP contribution in [0.5, 0.6) is 23.0 Å². The number of phenols is 4. The van der Waals surface area contributed by atoms with Crippen molar-refractivity contribution in [3.63, 3.8) is 0 Å². The monoisotopic (exact) mass is 709 g/mol. The van der Waals surface area contributed by atoms with Gasteiger partial charge in [-0.3, -0.25) is 0 Å². The molecule has 52 heavy (non-hydrogen) atoms. The average Bonchev–Trinajstić information content (AvgIpc) is 3.00. The largest absolute Gasteiger partial charge is 0.507 e. The highest BCUT2D eigenvalue weighted by Crippen LogP contribution is 2.41. The third-order valence-corrected chi connectivity index (χ3v) is 9.97. The van der Waals surface area contributed by atoms with Crippen molar-refractivity contribution in [3.05, 3.63) is 115 Å². The number of rotatable bonds is 6. The van der Waals surface area contributed by atoms with E-state index in [1.165, 1.54) is 11.1 Å². The molecule has 0 aliphatic carbocycles. The molecule has 0 aliphatic heterocycles. The Labute approximate surface area is 316 Å². The molecule has 4 aromatic rings. The second-order valence-corrected chi connectivity index (χ2v) is 19.0. The van der Waals surface area contributed by atoms with Crippen LogP contribution >= 0.6 is 0 Å². The van der Waals surface area contributed by atoms with E-state index in [-0.39, 0.29) is 21.7 Å². The number of phenolic OH excluding ortho intramolecular Hbond substituents is 4. The Kier molecular flexibility index (Phi) is 12.7. The van der Waals surface area contributed by atoms with Crippen LogP contribution in [-0.2, 0) is 47.3 Å². The zero-order chi connectivity index (χ0) is 39.7. The summed E-state index contributed by atoms with van der Waals surface area (Å²) in [6, 6.07) is 16.5. The lowest BCUT2D eigenvalue weighted by atomic mass is 9.81. The van der Waals surface area contributed by atoms with E-state index in [1.54, 1.807) is 0 Å². The summed E-state index contributed by atoms with van der Waals surface area (Å²) < 4.78 is 0. The number of hydrogen-bond acceptors (Lipinski definition) is 4. The van der Waals surface area contributed by atoms with Crippen molar-refractivity contribution in [1.29, 1.82) is 0 Å². The molecule has 0 spiro atoms.